The highest BCUT2D eigenvalue weighted by Gasteiger charge is 2.28. The Morgan fingerprint density at radius 1 is 1.47 bits per heavy atom. The molecule has 0 amide bonds. The van der Waals surface area contributed by atoms with Crippen molar-refractivity contribution in [2.75, 3.05) is 23.8 Å². The minimum absolute atomic E-state index is 0.0301. The second-order valence-electron chi connectivity index (χ2n) is 5.36. The highest BCUT2D eigenvalue weighted by Crippen LogP contribution is 2.21. The van der Waals surface area contributed by atoms with E-state index in [2.05, 4.69) is 9.88 Å². The fourth-order valence-electron chi connectivity index (χ4n) is 2.41. The number of nitrogens with two attached hydrogens (primary N) is 1. The summed E-state index contributed by atoms with van der Waals surface area (Å²) in [5.41, 5.74) is 9.71. The summed E-state index contributed by atoms with van der Waals surface area (Å²) in [5, 5.41) is 0. The number of nitrogen functional groups attached to an aromatic ring is 1. The molecule has 0 radical (unpaired) electrons. The maximum Gasteiger partial charge on any atom is 0.153 e. The molecule has 106 valence electrons. The summed E-state index contributed by atoms with van der Waals surface area (Å²) in [6.07, 6.45) is 1.78. The van der Waals surface area contributed by atoms with Crippen molar-refractivity contribution in [3.63, 3.8) is 0 Å². The van der Waals surface area contributed by atoms with Crippen LogP contribution in [0.15, 0.2) is 6.20 Å². The zero-order valence-corrected chi connectivity index (χ0v) is 12.5. The quantitative estimate of drug-likeness (QED) is 0.872. The molecule has 0 saturated carbocycles. The van der Waals surface area contributed by atoms with Gasteiger partial charge in [0.15, 0.2) is 9.84 Å². The lowest BCUT2D eigenvalue weighted by Gasteiger charge is -2.33. The molecule has 0 spiro atoms. The van der Waals surface area contributed by atoms with E-state index in [4.69, 9.17) is 5.73 Å². The lowest BCUT2D eigenvalue weighted by molar-refractivity contribution is 0.215. The molecule has 1 saturated heterocycles. The van der Waals surface area contributed by atoms with Gasteiger partial charge >= 0.3 is 0 Å². The van der Waals surface area contributed by atoms with Gasteiger partial charge in [-0.2, -0.15) is 0 Å². The van der Waals surface area contributed by atoms with Crippen molar-refractivity contribution in [2.45, 2.75) is 33.4 Å². The van der Waals surface area contributed by atoms with Crippen LogP contribution in [0.25, 0.3) is 0 Å². The third-order valence-corrected chi connectivity index (χ3v) is 5.63. The smallest absolute Gasteiger partial charge is 0.153 e. The summed E-state index contributed by atoms with van der Waals surface area (Å²) in [5.74, 6) is 0.463. The summed E-state index contributed by atoms with van der Waals surface area (Å²) in [6, 6.07) is 0.0301. The van der Waals surface area contributed by atoms with E-state index in [9.17, 15) is 8.42 Å². The summed E-state index contributed by atoms with van der Waals surface area (Å²) >= 11 is 0. The van der Waals surface area contributed by atoms with Crippen LogP contribution in [0.3, 0.4) is 0 Å². The van der Waals surface area contributed by atoms with Gasteiger partial charge in [0.25, 0.3) is 0 Å². The van der Waals surface area contributed by atoms with E-state index in [1.165, 1.54) is 0 Å². The minimum atomic E-state index is -2.87. The van der Waals surface area contributed by atoms with Crippen LogP contribution >= 0.6 is 0 Å². The van der Waals surface area contributed by atoms with Crippen molar-refractivity contribution in [3.05, 3.63) is 23.0 Å². The van der Waals surface area contributed by atoms with Crippen LogP contribution in [0.4, 0.5) is 5.69 Å². The summed E-state index contributed by atoms with van der Waals surface area (Å²) in [4.78, 5) is 6.59. The number of anilines is 1. The molecule has 2 rings (SSSR count). The van der Waals surface area contributed by atoms with Crippen molar-refractivity contribution in [3.8, 4) is 0 Å². The van der Waals surface area contributed by atoms with Crippen molar-refractivity contribution >= 4 is 15.5 Å². The Morgan fingerprint density at radius 3 is 2.79 bits per heavy atom. The number of pyridine rings is 1. The topological polar surface area (TPSA) is 76.3 Å². The van der Waals surface area contributed by atoms with Gasteiger partial charge in [-0.15, -0.1) is 0 Å². The van der Waals surface area contributed by atoms with Crippen molar-refractivity contribution in [2.24, 2.45) is 0 Å². The Labute approximate surface area is 114 Å². The van der Waals surface area contributed by atoms with Crippen LogP contribution in [-0.2, 0) is 16.4 Å². The monoisotopic (exact) mass is 283 g/mol. The molecule has 1 aliphatic rings. The van der Waals surface area contributed by atoms with Crippen molar-refractivity contribution < 1.29 is 8.42 Å². The molecule has 19 heavy (non-hydrogen) atoms. The maximum absolute atomic E-state index is 11.6. The fraction of sp³-hybridized carbons (Fsp3) is 0.615. The SMILES string of the molecule is Cc1cnc(CN2CCS(=O)(=O)CC2C)c(C)c1N. The van der Waals surface area contributed by atoms with E-state index in [0.717, 1.165) is 22.5 Å². The molecule has 0 aromatic carbocycles. The van der Waals surface area contributed by atoms with Gasteiger partial charge in [-0.3, -0.25) is 9.88 Å². The van der Waals surface area contributed by atoms with E-state index in [1.807, 2.05) is 20.8 Å². The largest absolute Gasteiger partial charge is 0.398 e. The first-order valence-electron chi connectivity index (χ1n) is 6.45. The molecular weight excluding hydrogens is 262 g/mol. The van der Waals surface area contributed by atoms with Gasteiger partial charge in [-0.1, -0.05) is 0 Å². The predicted octanol–water partition coefficient (Wildman–Crippen LogP) is 0.900. The van der Waals surface area contributed by atoms with E-state index in [0.29, 0.717) is 13.1 Å². The Hall–Kier alpha value is -1.14. The van der Waals surface area contributed by atoms with Gasteiger partial charge in [-0.05, 0) is 31.9 Å². The van der Waals surface area contributed by atoms with E-state index >= 15 is 0 Å². The molecule has 1 aliphatic heterocycles. The first-order chi connectivity index (χ1) is 8.80. The van der Waals surface area contributed by atoms with Crippen LogP contribution in [0.5, 0.6) is 0 Å². The predicted molar refractivity (Wildman–Crippen MR) is 76.6 cm³/mol. The van der Waals surface area contributed by atoms with Gasteiger partial charge < -0.3 is 5.73 Å². The van der Waals surface area contributed by atoms with Crippen LogP contribution in [0.2, 0.25) is 0 Å². The first kappa shape index (κ1) is 14.3. The number of sulfone groups is 1. The minimum Gasteiger partial charge on any atom is -0.398 e. The van der Waals surface area contributed by atoms with E-state index in [-0.39, 0.29) is 17.5 Å². The maximum atomic E-state index is 11.6. The van der Waals surface area contributed by atoms with Gasteiger partial charge in [-0.25, -0.2) is 8.42 Å². The molecule has 6 heteroatoms. The Morgan fingerprint density at radius 2 is 2.16 bits per heavy atom. The second-order valence-corrected chi connectivity index (χ2v) is 7.59. The van der Waals surface area contributed by atoms with Crippen molar-refractivity contribution in [1.82, 2.24) is 9.88 Å². The Balaban J connectivity index is 2.17. The molecule has 2 N–H and O–H groups in total. The molecule has 0 aliphatic carbocycles. The number of nitrogens with zero attached hydrogens (tertiary/aromatic N) is 2. The van der Waals surface area contributed by atoms with Gasteiger partial charge in [0.05, 0.1) is 17.2 Å². The highest BCUT2D eigenvalue weighted by molar-refractivity contribution is 7.91. The van der Waals surface area contributed by atoms with Crippen molar-refractivity contribution in [1.29, 1.82) is 0 Å². The molecule has 1 unspecified atom stereocenters. The summed E-state index contributed by atoms with van der Waals surface area (Å²) in [7, 11) is -2.87. The average molecular weight is 283 g/mol. The number of hydrogen-bond donors (Lipinski definition) is 1. The number of rotatable bonds is 2. The summed E-state index contributed by atoms with van der Waals surface area (Å²) in [6.45, 7) is 7.08. The fourth-order valence-corrected chi connectivity index (χ4v) is 4.04. The highest BCUT2D eigenvalue weighted by atomic mass is 32.2. The molecule has 1 aromatic heterocycles. The lowest BCUT2D eigenvalue weighted by Crippen LogP contribution is -2.46. The molecule has 5 nitrogen and oxygen atoms in total. The van der Waals surface area contributed by atoms with Crippen LogP contribution in [0, 0.1) is 13.8 Å². The van der Waals surface area contributed by atoms with E-state index < -0.39 is 9.84 Å². The standard InChI is InChI=1S/C13H21N3O2S/c1-9-6-15-12(11(3)13(9)14)7-16-4-5-19(17,18)8-10(16)2/h6,10H,4-5,7-8H2,1-3H3,(H2,14,15). The number of aryl methyl sites for hydroxylation is 1. The summed E-state index contributed by atoms with van der Waals surface area (Å²) < 4.78 is 23.1. The van der Waals surface area contributed by atoms with Gasteiger partial charge in [0, 0.05) is 31.0 Å². The van der Waals surface area contributed by atoms with Gasteiger partial charge in [0.1, 0.15) is 0 Å². The first-order valence-corrected chi connectivity index (χ1v) is 8.27. The Kier molecular flexibility index (Phi) is 3.82. The molecule has 0 bridgehead atoms. The Bertz CT molecular complexity index is 584. The zero-order valence-electron chi connectivity index (χ0n) is 11.7. The number of hydrogen-bond acceptors (Lipinski definition) is 5. The molecule has 1 aromatic rings. The number of aromatic nitrogens is 1. The molecule has 1 atom stereocenters. The average Bonchev–Trinajstić information content (AvgIpc) is 2.32. The van der Waals surface area contributed by atoms with Crippen LogP contribution in [0.1, 0.15) is 23.7 Å². The zero-order chi connectivity index (χ0) is 14.2. The third kappa shape index (κ3) is 3.06. The molecule has 1 fully saturated rings. The molecular formula is C13H21N3O2S. The van der Waals surface area contributed by atoms with Crippen LogP contribution < -0.4 is 5.73 Å². The lowest BCUT2D eigenvalue weighted by atomic mass is 10.1. The third-order valence-electron chi connectivity index (χ3n) is 3.84. The van der Waals surface area contributed by atoms with E-state index in [1.54, 1.807) is 6.20 Å². The van der Waals surface area contributed by atoms with Crippen LogP contribution in [-0.4, -0.2) is 42.4 Å². The van der Waals surface area contributed by atoms with Gasteiger partial charge in [0.2, 0.25) is 0 Å². The molecule has 2 heterocycles. The second kappa shape index (κ2) is 5.09. The normalized spacial score (nSPS) is 23.4.